The van der Waals surface area contributed by atoms with Gasteiger partial charge in [-0.15, -0.1) is 0 Å². The van der Waals surface area contributed by atoms with E-state index in [1.807, 2.05) is 25.1 Å². The number of benzene rings is 1. The number of aromatic nitrogens is 3. The maximum absolute atomic E-state index is 9.80. The van der Waals surface area contributed by atoms with Crippen LogP contribution in [0.5, 0.6) is 11.5 Å². The summed E-state index contributed by atoms with van der Waals surface area (Å²) >= 11 is 3.55. The number of halogens is 1. The molecule has 1 aromatic carbocycles. The number of anilines is 2. The number of methoxy groups -OCH3 is 2. The second-order valence-corrected chi connectivity index (χ2v) is 8.50. The predicted molar refractivity (Wildman–Crippen MR) is 124 cm³/mol. The van der Waals surface area contributed by atoms with Crippen molar-refractivity contribution >= 4 is 38.6 Å². The molecular weight excluding hydrogens is 462 g/mol. The van der Waals surface area contributed by atoms with Gasteiger partial charge in [0.2, 0.25) is 0 Å². The van der Waals surface area contributed by atoms with Gasteiger partial charge in [-0.3, -0.25) is 0 Å². The van der Waals surface area contributed by atoms with Crippen LogP contribution in [-0.2, 0) is 6.54 Å². The van der Waals surface area contributed by atoms with Gasteiger partial charge in [0.25, 0.3) is 0 Å². The Morgan fingerprint density at radius 2 is 1.97 bits per heavy atom. The Balaban J connectivity index is 1.60. The Labute approximate surface area is 189 Å². The molecule has 2 atom stereocenters. The Hall–Kier alpha value is -2.65. The van der Waals surface area contributed by atoms with E-state index >= 15 is 0 Å². The summed E-state index contributed by atoms with van der Waals surface area (Å²) in [6, 6.07) is 5.92. The third-order valence-electron chi connectivity index (χ3n) is 5.51. The molecule has 9 heteroatoms. The van der Waals surface area contributed by atoms with Gasteiger partial charge in [0.1, 0.15) is 28.4 Å². The smallest absolute Gasteiger partial charge is 0.154 e. The van der Waals surface area contributed by atoms with Crippen molar-refractivity contribution in [3.05, 3.63) is 40.1 Å². The number of aliphatic hydroxyl groups is 1. The maximum Gasteiger partial charge on any atom is 0.154 e. The minimum atomic E-state index is -0.243. The van der Waals surface area contributed by atoms with Gasteiger partial charge < -0.3 is 25.2 Å². The summed E-state index contributed by atoms with van der Waals surface area (Å²) in [5.41, 5.74) is 3.19. The second kappa shape index (κ2) is 9.23. The maximum atomic E-state index is 9.80. The summed E-state index contributed by atoms with van der Waals surface area (Å²) in [6.07, 6.45) is 3.95. The van der Waals surface area contributed by atoms with Crippen molar-refractivity contribution in [1.82, 2.24) is 15.0 Å². The summed E-state index contributed by atoms with van der Waals surface area (Å²) in [6.45, 7) is 2.44. The molecule has 1 saturated carbocycles. The van der Waals surface area contributed by atoms with Gasteiger partial charge in [0.05, 0.1) is 30.5 Å². The van der Waals surface area contributed by atoms with Gasteiger partial charge in [-0.25, -0.2) is 15.0 Å². The number of aryl methyl sites for hydroxylation is 1. The molecule has 31 heavy (non-hydrogen) atoms. The van der Waals surface area contributed by atoms with Crippen molar-refractivity contribution in [3.63, 3.8) is 0 Å². The third-order valence-corrected chi connectivity index (χ3v) is 6.09. The number of fused-ring (bicyclic) bond motifs is 1. The molecule has 0 amide bonds. The number of nitrogens with zero attached hydrogens (tertiary/aromatic N) is 3. The number of ether oxygens (including phenoxy) is 2. The Bertz CT molecular complexity index is 1090. The van der Waals surface area contributed by atoms with Gasteiger partial charge in [-0.05, 0) is 54.2 Å². The monoisotopic (exact) mass is 487 g/mol. The van der Waals surface area contributed by atoms with Crippen molar-refractivity contribution in [1.29, 1.82) is 0 Å². The molecule has 0 saturated heterocycles. The van der Waals surface area contributed by atoms with Crippen LogP contribution in [0.4, 0.5) is 11.6 Å². The molecule has 2 aromatic heterocycles. The molecule has 1 fully saturated rings. The highest BCUT2D eigenvalue weighted by molar-refractivity contribution is 9.10. The summed E-state index contributed by atoms with van der Waals surface area (Å²) in [4.78, 5) is 14.1. The fraction of sp³-hybridized carbons (Fsp3) is 0.409. The third kappa shape index (κ3) is 4.67. The average molecular weight is 488 g/mol. The van der Waals surface area contributed by atoms with Crippen LogP contribution in [0.15, 0.2) is 28.9 Å². The summed E-state index contributed by atoms with van der Waals surface area (Å²) in [5.74, 6) is 2.86. The van der Waals surface area contributed by atoms with Crippen molar-refractivity contribution in [2.24, 2.45) is 0 Å². The van der Waals surface area contributed by atoms with Crippen molar-refractivity contribution in [2.45, 2.75) is 44.9 Å². The van der Waals surface area contributed by atoms with Gasteiger partial charge in [0.15, 0.2) is 5.82 Å². The second-order valence-electron chi connectivity index (χ2n) is 7.65. The molecule has 0 radical (unpaired) electrons. The molecule has 8 nitrogen and oxygen atoms in total. The van der Waals surface area contributed by atoms with E-state index in [0.29, 0.717) is 17.9 Å². The fourth-order valence-corrected chi connectivity index (χ4v) is 4.20. The molecule has 1 aliphatic rings. The lowest BCUT2D eigenvalue weighted by Gasteiger charge is -2.17. The van der Waals surface area contributed by atoms with Crippen molar-refractivity contribution in [3.8, 4) is 11.5 Å². The summed E-state index contributed by atoms with van der Waals surface area (Å²) < 4.78 is 11.5. The lowest BCUT2D eigenvalue weighted by molar-refractivity contribution is 0.182. The summed E-state index contributed by atoms with van der Waals surface area (Å²) in [5, 5.41) is 16.6. The standard InChI is InChI=1S/C22H26BrN5O3/c1-12-21(27-14-5-6-15(29)8-14)28-19-17(23)11-25-22(20(19)26-12)24-10-13-4-7-16(30-2)9-18(13)31-3/h4,7,9,11,14-15,29H,5-6,8,10H2,1-3H3,(H,24,25)(H,27,28)/t14-,15+/m1/s1. The minimum absolute atomic E-state index is 0.209. The van der Waals surface area contributed by atoms with Gasteiger partial charge in [-0.1, -0.05) is 0 Å². The van der Waals surface area contributed by atoms with E-state index in [1.54, 1.807) is 20.4 Å². The molecule has 2 heterocycles. The number of pyridine rings is 1. The van der Waals surface area contributed by atoms with E-state index in [-0.39, 0.29) is 12.1 Å². The van der Waals surface area contributed by atoms with Crippen LogP contribution in [0.3, 0.4) is 0 Å². The van der Waals surface area contributed by atoms with Crippen LogP contribution in [0, 0.1) is 6.92 Å². The Morgan fingerprint density at radius 1 is 1.13 bits per heavy atom. The Kier molecular flexibility index (Phi) is 6.43. The van der Waals surface area contributed by atoms with Gasteiger partial charge >= 0.3 is 0 Å². The number of hydrogen-bond acceptors (Lipinski definition) is 8. The lowest BCUT2D eigenvalue weighted by Crippen LogP contribution is -2.18. The fourth-order valence-electron chi connectivity index (χ4n) is 3.82. The molecule has 4 rings (SSSR count). The van der Waals surface area contributed by atoms with E-state index in [2.05, 4.69) is 31.5 Å². The molecule has 3 aromatic rings. The van der Waals surface area contributed by atoms with E-state index in [1.165, 1.54) is 0 Å². The van der Waals surface area contributed by atoms with Gasteiger partial charge in [-0.2, -0.15) is 0 Å². The molecule has 3 N–H and O–H groups in total. The molecule has 0 aliphatic heterocycles. The number of rotatable bonds is 7. The molecule has 0 bridgehead atoms. The molecule has 0 unspecified atom stereocenters. The van der Waals surface area contributed by atoms with Crippen molar-refractivity contribution < 1.29 is 14.6 Å². The first-order valence-corrected chi connectivity index (χ1v) is 11.0. The quantitative estimate of drug-likeness (QED) is 0.458. The lowest BCUT2D eigenvalue weighted by atomic mass is 10.2. The van der Waals surface area contributed by atoms with E-state index in [0.717, 1.165) is 57.8 Å². The molecular formula is C22H26BrN5O3. The van der Waals surface area contributed by atoms with Crippen LogP contribution in [0.25, 0.3) is 11.0 Å². The van der Waals surface area contributed by atoms with E-state index in [4.69, 9.17) is 19.4 Å². The zero-order valence-corrected chi connectivity index (χ0v) is 19.4. The van der Waals surface area contributed by atoms with Crippen LogP contribution < -0.4 is 20.1 Å². The number of aliphatic hydroxyl groups excluding tert-OH is 1. The van der Waals surface area contributed by atoms with Crippen LogP contribution in [0.1, 0.15) is 30.5 Å². The zero-order chi connectivity index (χ0) is 22.0. The first-order valence-electron chi connectivity index (χ1n) is 10.2. The van der Waals surface area contributed by atoms with E-state index in [9.17, 15) is 5.11 Å². The first-order chi connectivity index (χ1) is 15.0. The predicted octanol–water partition coefficient (Wildman–Crippen LogP) is 4.05. The Morgan fingerprint density at radius 3 is 2.68 bits per heavy atom. The highest BCUT2D eigenvalue weighted by atomic mass is 79.9. The minimum Gasteiger partial charge on any atom is -0.497 e. The van der Waals surface area contributed by atoms with Crippen LogP contribution in [-0.4, -0.2) is 46.4 Å². The first kappa shape index (κ1) is 21.6. The zero-order valence-electron chi connectivity index (χ0n) is 17.8. The highest BCUT2D eigenvalue weighted by Crippen LogP contribution is 2.31. The largest absolute Gasteiger partial charge is 0.497 e. The van der Waals surface area contributed by atoms with Crippen LogP contribution in [0.2, 0.25) is 0 Å². The normalized spacial score (nSPS) is 18.2. The summed E-state index contributed by atoms with van der Waals surface area (Å²) in [7, 11) is 3.27. The van der Waals surface area contributed by atoms with Crippen LogP contribution >= 0.6 is 15.9 Å². The average Bonchev–Trinajstić information content (AvgIpc) is 3.18. The number of nitrogens with one attached hydrogen (secondary N) is 2. The molecule has 1 aliphatic carbocycles. The highest BCUT2D eigenvalue weighted by Gasteiger charge is 2.24. The van der Waals surface area contributed by atoms with E-state index < -0.39 is 0 Å². The topological polar surface area (TPSA) is 101 Å². The SMILES string of the molecule is COc1ccc(CNc2ncc(Br)c3nc(N[C@@H]4CC[C@H](O)C4)c(C)nc23)c(OC)c1. The van der Waals surface area contributed by atoms with Crippen molar-refractivity contribution in [2.75, 3.05) is 24.9 Å². The molecule has 0 spiro atoms. The number of hydrogen-bond donors (Lipinski definition) is 3. The molecule has 164 valence electrons. The van der Waals surface area contributed by atoms with Gasteiger partial charge in [0, 0.05) is 30.4 Å².